The summed E-state index contributed by atoms with van der Waals surface area (Å²) in [7, 11) is -1.87. The molecule has 0 aromatic carbocycles. The summed E-state index contributed by atoms with van der Waals surface area (Å²) in [6, 6.07) is 0. The summed E-state index contributed by atoms with van der Waals surface area (Å²) in [5.74, 6) is 0.510. The van der Waals surface area contributed by atoms with E-state index in [1.807, 2.05) is 13.8 Å². The van der Waals surface area contributed by atoms with Crippen LogP contribution in [-0.2, 0) is 23.8 Å². The number of aryl methyl sites for hydroxylation is 1. The van der Waals surface area contributed by atoms with Crippen LogP contribution < -0.4 is 15.2 Å². The highest BCUT2D eigenvalue weighted by atomic mass is 32.2. The molecule has 0 aliphatic heterocycles. The maximum atomic E-state index is 11.7. The van der Waals surface area contributed by atoms with Crippen molar-refractivity contribution >= 4 is 16.0 Å². The molecule has 0 aliphatic rings. The van der Waals surface area contributed by atoms with Gasteiger partial charge in [0.15, 0.2) is 5.82 Å². The van der Waals surface area contributed by atoms with E-state index < -0.39 is 10.2 Å². The summed E-state index contributed by atoms with van der Waals surface area (Å²) < 4.78 is 29.7. The Kier molecular flexibility index (Phi) is 4.49. The lowest BCUT2D eigenvalue weighted by Crippen LogP contribution is -2.33. The zero-order chi connectivity index (χ0) is 13.1. The highest BCUT2D eigenvalue weighted by Crippen LogP contribution is 2.12. The Morgan fingerprint density at radius 3 is 2.71 bits per heavy atom. The summed E-state index contributed by atoms with van der Waals surface area (Å²) in [6.07, 6.45) is 1.68. The predicted molar refractivity (Wildman–Crippen MR) is 66.5 cm³/mol. The van der Waals surface area contributed by atoms with Gasteiger partial charge in [-0.2, -0.15) is 18.2 Å². The van der Waals surface area contributed by atoms with Gasteiger partial charge in [0, 0.05) is 31.9 Å². The molecule has 98 valence electrons. The third-order valence-electron chi connectivity index (χ3n) is 2.04. The van der Waals surface area contributed by atoms with E-state index in [4.69, 9.17) is 5.73 Å². The van der Waals surface area contributed by atoms with E-state index in [2.05, 4.69) is 14.5 Å². The molecule has 0 amide bonds. The monoisotopic (exact) mass is 261 g/mol. The van der Waals surface area contributed by atoms with Gasteiger partial charge in [-0.25, -0.2) is 0 Å². The molecule has 1 aromatic heterocycles. The minimum atomic E-state index is -3.58. The van der Waals surface area contributed by atoms with E-state index in [9.17, 15) is 8.42 Å². The molecule has 8 heteroatoms. The Bertz CT molecular complexity index is 466. The average Bonchev–Trinajstić information content (AvgIpc) is 2.55. The van der Waals surface area contributed by atoms with Crippen molar-refractivity contribution in [2.75, 3.05) is 11.3 Å². The summed E-state index contributed by atoms with van der Waals surface area (Å²) in [5.41, 5.74) is 6.15. The van der Waals surface area contributed by atoms with Crippen LogP contribution in [0.15, 0.2) is 6.20 Å². The van der Waals surface area contributed by atoms with Gasteiger partial charge >= 0.3 is 0 Å². The molecule has 0 saturated carbocycles. The van der Waals surface area contributed by atoms with Crippen LogP contribution in [-0.4, -0.2) is 24.7 Å². The lowest BCUT2D eigenvalue weighted by Gasteiger charge is -2.09. The van der Waals surface area contributed by atoms with E-state index >= 15 is 0 Å². The third kappa shape index (κ3) is 4.33. The fraction of sp³-hybridized carbons (Fsp3) is 0.667. The average molecular weight is 261 g/mol. The molecule has 4 N–H and O–H groups in total. The van der Waals surface area contributed by atoms with Crippen LogP contribution >= 0.6 is 0 Å². The standard InChI is InChI=1S/C9H19N5O2S/c1-7(2)5-11-17(15,16)13-9-8(4-10)6-14(3)12-9/h6-7,11H,4-5,10H2,1-3H3,(H,12,13). The van der Waals surface area contributed by atoms with E-state index in [-0.39, 0.29) is 18.3 Å². The molecule has 0 spiro atoms. The van der Waals surface area contributed by atoms with E-state index in [1.165, 1.54) is 4.68 Å². The highest BCUT2D eigenvalue weighted by Gasteiger charge is 2.14. The molecular weight excluding hydrogens is 242 g/mol. The number of anilines is 1. The zero-order valence-electron chi connectivity index (χ0n) is 10.3. The third-order valence-corrected chi connectivity index (χ3v) is 3.05. The first-order valence-electron chi connectivity index (χ1n) is 5.34. The summed E-state index contributed by atoms with van der Waals surface area (Å²) in [6.45, 7) is 4.46. The number of nitrogens with two attached hydrogens (primary N) is 1. The van der Waals surface area contributed by atoms with Gasteiger partial charge in [0.05, 0.1) is 0 Å². The fourth-order valence-electron chi connectivity index (χ4n) is 1.21. The van der Waals surface area contributed by atoms with Crippen LogP contribution in [0, 0.1) is 5.92 Å². The summed E-state index contributed by atoms with van der Waals surface area (Å²) >= 11 is 0. The molecule has 0 aliphatic carbocycles. The number of nitrogens with one attached hydrogen (secondary N) is 2. The van der Waals surface area contributed by atoms with E-state index in [0.717, 1.165) is 0 Å². The molecule has 7 nitrogen and oxygen atoms in total. The number of rotatable bonds is 6. The minimum absolute atomic E-state index is 0.232. The fourth-order valence-corrected chi connectivity index (χ4v) is 2.26. The van der Waals surface area contributed by atoms with E-state index in [1.54, 1.807) is 13.2 Å². The van der Waals surface area contributed by atoms with Gasteiger partial charge < -0.3 is 5.73 Å². The van der Waals surface area contributed by atoms with Gasteiger partial charge in [-0.05, 0) is 5.92 Å². The summed E-state index contributed by atoms with van der Waals surface area (Å²) in [4.78, 5) is 0. The summed E-state index contributed by atoms with van der Waals surface area (Å²) in [5, 5.41) is 4.00. The Labute approximate surface area is 102 Å². The Morgan fingerprint density at radius 1 is 1.53 bits per heavy atom. The number of hydrogen-bond acceptors (Lipinski definition) is 4. The van der Waals surface area contributed by atoms with Crippen molar-refractivity contribution in [3.05, 3.63) is 11.8 Å². The topological polar surface area (TPSA) is 102 Å². The molecule has 0 radical (unpaired) electrons. The van der Waals surface area contributed by atoms with Crippen LogP contribution in [0.3, 0.4) is 0 Å². The molecule has 0 atom stereocenters. The normalized spacial score (nSPS) is 12.1. The Hall–Kier alpha value is -1.12. The molecule has 1 rings (SSSR count). The van der Waals surface area contributed by atoms with Gasteiger partial charge in [0.2, 0.25) is 0 Å². The lowest BCUT2D eigenvalue weighted by atomic mass is 10.2. The number of nitrogens with zero attached hydrogens (tertiary/aromatic N) is 2. The van der Waals surface area contributed by atoms with Gasteiger partial charge in [0.25, 0.3) is 10.2 Å². The second-order valence-electron chi connectivity index (χ2n) is 4.23. The van der Waals surface area contributed by atoms with Crippen molar-refractivity contribution in [2.24, 2.45) is 18.7 Å². The Morgan fingerprint density at radius 2 is 2.18 bits per heavy atom. The molecule has 0 saturated heterocycles. The molecule has 0 bridgehead atoms. The van der Waals surface area contributed by atoms with Crippen LogP contribution in [0.2, 0.25) is 0 Å². The first-order chi connectivity index (χ1) is 7.84. The molecule has 1 heterocycles. The second-order valence-corrected chi connectivity index (χ2v) is 5.73. The minimum Gasteiger partial charge on any atom is -0.326 e. The molecule has 0 fully saturated rings. The van der Waals surface area contributed by atoms with Crippen molar-refractivity contribution < 1.29 is 8.42 Å². The van der Waals surface area contributed by atoms with Crippen LogP contribution in [0.5, 0.6) is 0 Å². The first kappa shape index (κ1) is 13.9. The largest absolute Gasteiger partial charge is 0.326 e. The van der Waals surface area contributed by atoms with Crippen molar-refractivity contribution in [3.8, 4) is 0 Å². The molecular formula is C9H19N5O2S. The molecule has 17 heavy (non-hydrogen) atoms. The number of aromatic nitrogens is 2. The predicted octanol–water partition coefficient (Wildman–Crippen LogP) is -0.219. The maximum Gasteiger partial charge on any atom is 0.300 e. The first-order valence-corrected chi connectivity index (χ1v) is 6.82. The number of hydrogen-bond donors (Lipinski definition) is 3. The van der Waals surface area contributed by atoms with Crippen molar-refractivity contribution in [1.29, 1.82) is 0 Å². The van der Waals surface area contributed by atoms with Gasteiger partial charge in [0.1, 0.15) is 0 Å². The van der Waals surface area contributed by atoms with Crippen LogP contribution in [0.4, 0.5) is 5.82 Å². The van der Waals surface area contributed by atoms with Crippen LogP contribution in [0.25, 0.3) is 0 Å². The highest BCUT2D eigenvalue weighted by molar-refractivity contribution is 7.90. The lowest BCUT2D eigenvalue weighted by molar-refractivity contribution is 0.564. The van der Waals surface area contributed by atoms with Crippen molar-refractivity contribution in [1.82, 2.24) is 14.5 Å². The van der Waals surface area contributed by atoms with Gasteiger partial charge in [-0.15, -0.1) is 0 Å². The molecule has 0 unspecified atom stereocenters. The van der Waals surface area contributed by atoms with E-state index in [0.29, 0.717) is 12.1 Å². The smallest absolute Gasteiger partial charge is 0.300 e. The van der Waals surface area contributed by atoms with Crippen molar-refractivity contribution in [3.63, 3.8) is 0 Å². The maximum absolute atomic E-state index is 11.7. The second kappa shape index (κ2) is 5.48. The Balaban J connectivity index is 2.75. The quantitative estimate of drug-likeness (QED) is 0.659. The van der Waals surface area contributed by atoms with Crippen LogP contribution in [0.1, 0.15) is 19.4 Å². The van der Waals surface area contributed by atoms with Gasteiger partial charge in [-0.1, -0.05) is 13.8 Å². The molecule has 1 aromatic rings. The zero-order valence-corrected chi connectivity index (χ0v) is 11.1. The van der Waals surface area contributed by atoms with Crippen molar-refractivity contribution in [2.45, 2.75) is 20.4 Å². The SMILES string of the molecule is CC(C)CNS(=O)(=O)Nc1nn(C)cc1CN. The van der Waals surface area contributed by atoms with Gasteiger partial charge in [-0.3, -0.25) is 9.40 Å².